The number of aryl methyl sites for hydroxylation is 1. The fourth-order valence-corrected chi connectivity index (χ4v) is 4.86. The van der Waals surface area contributed by atoms with Crippen LogP contribution in [0, 0.1) is 12.8 Å². The van der Waals surface area contributed by atoms with Crippen LogP contribution in [0.25, 0.3) is 5.65 Å². The highest BCUT2D eigenvalue weighted by Gasteiger charge is 2.36. The maximum Gasteiger partial charge on any atom is 0.229 e. The lowest BCUT2D eigenvalue weighted by atomic mass is 9.98. The smallest absolute Gasteiger partial charge is 0.229 e. The first kappa shape index (κ1) is 21.6. The average molecular weight is 449 g/mol. The van der Waals surface area contributed by atoms with Gasteiger partial charge >= 0.3 is 0 Å². The van der Waals surface area contributed by atoms with Gasteiger partial charge in [0.1, 0.15) is 11.5 Å². The Kier molecular flexibility index (Phi) is 5.65. The molecule has 0 aromatic carbocycles. The molecule has 2 fully saturated rings. The first-order valence-corrected chi connectivity index (χ1v) is 11.6. The lowest BCUT2D eigenvalue weighted by Crippen LogP contribution is -2.55. The molecule has 0 bridgehead atoms. The molecule has 3 aromatic rings. The van der Waals surface area contributed by atoms with Gasteiger partial charge in [0.25, 0.3) is 0 Å². The summed E-state index contributed by atoms with van der Waals surface area (Å²) < 4.78 is 2.03. The fourth-order valence-electron chi connectivity index (χ4n) is 4.86. The van der Waals surface area contributed by atoms with Crippen molar-refractivity contribution >= 4 is 23.3 Å². The normalized spacial score (nSPS) is 19.7. The molecule has 1 amide bonds. The molecule has 0 N–H and O–H groups in total. The van der Waals surface area contributed by atoms with E-state index in [0.29, 0.717) is 25.7 Å². The molecule has 0 spiro atoms. The number of aromatic nitrogens is 4. The van der Waals surface area contributed by atoms with Gasteiger partial charge in [0.15, 0.2) is 0 Å². The Bertz CT molecular complexity index is 1150. The van der Waals surface area contributed by atoms with Crippen molar-refractivity contribution in [1.29, 1.82) is 0 Å². The van der Waals surface area contributed by atoms with E-state index in [1.807, 2.05) is 60.1 Å². The summed E-state index contributed by atoms with van der Waals surface area (Å²) in [7, 11) is 4.02. The number of likely N-dealkylation sites (N-methyl/N-ethyl adjacent to an activating group) is 1. The number of nitrogens with zero attached hydrogens (tertiary/aromatic N) is 8. The summed E-state index contributed by atoms with van der Waals surface area (Å²) in [5.41, 5.74) is 2.95. The zero-order valence-electron chi connectivity index (χ0n) is 19.8. The number of amides is 1. The van der Waals surface area contributed by atoms with E-state index >= 15 is 0 Å². The molecule has 2 saturated heterocycles. The Morgan fingerprint density at radius 3 is 2.76 bits per heavy atom. The molecular formula is C24H32N8O. The topological polar surface area (TPSA) is 73.1 Å². The number of piperazine rings is 1. The number of anilines is 2. The van der Waals surface area contributed by atoms with Crippen LogP contribution < -0.4 is 9.80 Å². The summed E-state index contributed by atoms with van der Waals surface area (Å²) in [6.07, 6.45) is 5.74. The monoisotopic (exact) mass is 448 g/mol. The fraction of sp³-hybridized carbons (Fsp3) is 0.500. The minimum absolute atomic E-state index is 0.0189. The minimum Gasteiger partial charge on any atom is -0.354 e. The molecule has 1 atom stereocenters. The highest BCUT2D eigenvalue weighted by Crippen LogP contribution is 2.29. The molecule has 0 aliphatic carbocycles. The molecule has 33 heavy (non-hydrogen) atoms. The van der Waals surface area contributed by atoms with Gasteiger partial charge < -0.3 is 24.0 Å². The first-order valence-electron chi connectivity index (χ1n) is 11.6. The zero-order chi connectivity index (χ0) is 23.1. The van der Waals surface area contributed by atoms with Crippen LogP contribution in [0.3, 0.4) is 0 Å². The highest BCUT2D eigenvalue weighted by molar-refractivity contribution is 5.82. The van der Waals surface area contributed by atoms with E-state index in [-0.39, 0.29) is 11.8 Å². The first-order chi connectivity index (χ1) is 15.9. The number of pyridine rings is 1. The third kappa shape index (κ3) is 4.13. The SMILES string of the molecule is Cc1cnc(N2CCN(C)C[C@@H]2C)nc1N1CC(C(=O)N(C)Cc2cnc3ccccn23)C1. The number of imidazole rings is 1. The van der Waals surface area contributed by atoms with Crippen molar-refractivity contribution in [2.45, 2.75) is 26.4 Å². The minimum atomic E-state index is -0.0189. The molecule has 5 heterocycles. The molecule has 9 nitrogen and oxygen atoms in total. The number of rotatable bonds is 5. The largest absolute Gasteiger partial charge is 0.354 e. The predicted octanol–water partition coefficient (Wildman–Crippen LogP) is 1.67. The number of hydrogen-bond acceptors (Lipinski definition) is 7. The molecule has 2 aliphatic rings. The Hall–Kier alpha value is -3.20. The Morgan fingerprint density at radius 2 is 1.97 bits per heavy atom. The molecule has 0 radical (unpaired) electrons. The Balaban J connectivity index is 1.23. The molecule has 5 rings (SSSR count). The molecule has 3 aromatic heterocycles. The number of carbonyl (C=O) groups is 1. The standard InChI is InChI=1S/C24H32N8O/c1-17-11-26-24(31-10-9-28(3)13-18(31)2)27-22(17)30-14-19(15-30)23(33)29(4)16-20-12-25-21-7-5-6-8-32(20)21/h5-8,11-12,18-19H,9-10,13-16H2,1-4H3/t18-/m0/s1. The van der Waals surface area contributed by atoms with E-state index in [2.05, 4.69) is 38.6 Å². The Morgan fingerprint density at radius 1 is 1.15 bits per heavy atom. The van der Waals surface area contributed by atoms with Gasteiger partial charge in [0.05, 0.1) is 24.4 Å². The van der Waals surface area contributed by atoms with Crippen molar-refractivity contribution in [3.63, 3.8) is 0 Å². The second-order valence-corrected chi connectivity index (χ2v) is 9.46. The number of fused-ring (bicyclic) bond motifs is 1. The maximum atomic E-state index is 13.1. The summed E-state index contributed by atoms with van der Waals surface area (Å²) >= 11 is 0. The van der Waals surface area contributed by atoms with E-state index < -0.39 is 0 Å². The third-order valence-electron chi connectivity index (χ3n) is 6.82. The van der Waals surface area contributed by atoms with E-state index in [1.165, 1.54) is 0 Å². The van der Waals surface area contributed by atoms with E-state index in [1.54, 1.807) is 0 Å². The summed E-state index contributed by atoms with van der Waals surface area (Å²) in [5.74, 6) is 1.88. The van der Waals surface area contributed by atoms with Crippen LogP contribution in [-0.2, 0) is 11.3 Å². The summed E-state index contributed by atoms with van der Waals surface area (Å²) in [6, 6.07) is 6.29. The van der Waals surface area contributed by atoms with Crippen molar-refractivity contribution in [3.05, 3.63) is 48.0 Å². The number of carbonyl (C=O) groups excluding carboxylic acids is 1. The molecule has 0 unspecified atom stereocenters. The van der Waals surface area contributed by atoms with E-state index in [4.69, 9.17) is 4.98 Å². The lowest BCUT2D eigenvalue weighted by Gasteiger charge is -2.42. The van der Waals surface area contributed by atoms with Gasteiger partial charge in [0.2, 0.25) is 11.9 Å². The summed E-state index contributed by atoms with van der Waals surface area (Å²) in [6.45, 7) is 9.11. The van der Waals surface area contributed by atoms with Crippen molar-refractivity contribution in [2.75, 3.05) is 56.6 Å². The lowest BCUT2D eigenvalue weighted by molar-refractivity contribution is -0.135. The van der Waals surface area contributed by atoms with Gasteiger partial charge in [-0.15, -0.1) is 0 Å². The Labute approximate surface area is 194 Å². The highest BCUT2D eigenvalue weighted by atomic mass is 16.2. The van der Waals surface area contributed by atoms with E-state index in [0.717, 1.165) is 48.3 Å². The van der Waals surface area contributed by atoms with Gasteiger partial charge in [-0.3, -0.25) is 4.79 Å². The second-order valence-electron chi connectivity index (χ2n) is 9.46. The molecule has 174 valence electrons. The van der Waals surface area contributed by atoms with Crippen LogP contribution in [0.15, 0.2) is 36.8 Å². The van der Waals surface area contributed by atoms with Gasteiger partial charge in [-0.2, -0.15) is 4.98 Å². The van der Waals surface area contributed by atoms with Gasteiger partial charge in [0, 0.05) is 63.8 Å². The third-order valence-corrected chi connectivity index (χ3v) is 6.82. The van der Waals surface area contributed by atoms with Crippen molar-refractivity contribution in [1.82, 2.24) is 29.2 Å². The predicted molar refractivity (Wildman–Crippen MR) is 128 cm³/mol. The van der Waals surface area contributed by atoms with Crippen LogP contribution >= 0.6 is 0 Å². The zero-order valence-corrected chi connectivity index (χ0v) is 19.8. The van der Waals surface area contributed by atoms with Crippen molar-refractivity contribution in [3.8, 4) is 0 Å². The molecule has 9 heteroatoms. The second kappa shape index (κ2) is 8.62. The summed E-state index contributed by atoms with van der Waals surface area (Å²) in [4.78, 5) is 35.6. The average Bonchev–Trinajstić information content (AvgIpc) is 3.17. The van der Waals surface area contributed by atoms with Gasteiger partial charge in [-0.1, -0.05) is 6.07 Å². The van der Waals surface area contributed by atoms with Crippen LogP contribution in [0.2, 0.25) is 0 Å². The molecule has 0 saturated carbocycles. The van der Waals surface area contributed by atoms with Crippen LogP contribution in [-0.4, -0.2) is 87.9 Å². The maximum absolute atomic E-state index is 13.1. The quantitative estimate of drug-likeness (QED) is 0.588. The van der Waals surface area contributed by atoms with Crippen LogP contribution in [0.4, 0.5) is 11.8 Å². The van der Waals surface area contributed by atoms with Crippen LogP contribution in [0.1, 0.15) is 18.2 Å². The van der Waals surface area contributed by atoms with Crippen molar-refractivity contribution in [2.24, 2.45) is 5.92 Å². The van der Waals surface area contributed by atoms with Gasteiger partial charge in [-0.05, 0) is 33.0 Å². The van der Waals surface area contributed by atoms with Crippen molar-refractivity contribution < 1.29 is 4.79 Å². The van der Waals surface area contributed by atoms with Crippen LogP contribution in [0.5, 0.6) is 0 Å². The van der Waals surface area contributed by atoms with Gasteiger partial charge in [-0.25, -0.2) is 9.97 Å². The number of hydrogen-bond donors (Lipinski definition) is 0. The molecule has 2 aliphatic heterocycles. The van der Waals surface area contributed by atoms with E-state index in [9.17, 15) is 4.79 Å². The summed E-state index contributed by atoms with van der Waals surface area (Å²) in [5, 5.41) is 0. The molecular weight excluding hydrogens is 416 g/mol.